The molecule has 0 saturated heterocycles. The number of fused-ring (bicyclic) bond motifs is 1. The van der Waals surface area contributed by atoms with Crippen LogP contribution >= 0.6 is 30.3 Å². The molecule has 2 aromatic carbocycles. The summed E-state index contributed by atoms with van der Waals surface area (Å²) in [6.45, 7) is 27.4. The molecule has 0 bridgehead atoms. The number of para-hydroxylation sites is 1. The van der Waals surface area contributed by atoms with E-state index in [2.05, 4.69) is 136 Å². The highest BCUT2D eigenvalue weighted by Gasteiger charge is 2.36. The van der Waals surface area contributed by atoms with Gasteiger partial charge in [0.1, 0.15) is 11.5 Å². The monoisotopic (exact) mass is 866 g/mol. The fraction of sp³-hybridized carbons (Fsp3) is 0.568. The van der Waals surface area contributed by atoms with Gasteiger partial charge in [-0.05, 0) is 97.2 Å². The van der Waals surface area contributed by atoms with Crippen molar-refractivity contribution < 1.29 is 73.0 Å². The number of carboxylic acids is 1. The van der Waals surface area contributed by atoms with E-state index in [9.17, 15) is 23.3 Å². The van der Waals surface area contributed by atoms with Crippen LogP contribution in [0.4, 0.5) is 0 Å². The summed E-state index contributed by atoms with van der Waals surface area (Å²) in [7, 11) is -3.09. The zero-order valence-corrected chi connectivity index (χ0v) is 38.1. The van der Waals surface area contributed by atoms with Gasteiger partial charge in [-0.25, -0.2) is 10.1 Å². The molecule has 15 nitrogen and oxygen atoms in total. The van der Waals surface area contributed by atoms with Crippen LogP contribution in [0, 0.1) is 17.8 Å². The Kier molecular flexibility index (Phi) is 24.6. The maximum atomic E-state index is 12.2. The SMILES string of the molecule is C=C(C)C(=O)O.CC(C)COc1cc2c(cc1C(C)(C)C)C(=O)C(C)C2.CC(C)COc1ccccc1C(C)(C)C.CP(P=O)P(=O)(OOOOOOO)P=O. The standard InChI is InChI=1S/C18H26O2.C14H22O.C4H6O2.CH4O10P4/c1-11(2)10-20-16-8-13-7-12(3)17(19)14(13)9-15(16)18(4,5)6;1-11(2)10-15-13-9-7-6-8-12(13)14(3,4)5;1-3(2)4(5)6;1-14(12-3)15(5,13-4)11-10-9-8-7-6-2/h8-9,11-12H,7,10H2,1-6H3;6-9,11H,10H2,1-5H3;1H2,2H3,(H,5,6);2H,1H3. The average Bonchev–Trinajstić information content (AvgIpc) is 3.40. The number of hydrogen-bond acceptors (Lipinski definition) is 14. The van der Waals surface area contributed by atoms with Crippen molar-refractivity contribution in [3.8, 4) is 11.5 Å². The largest absolute Gasteiger partial charge is 0.493 e. The van der Waals surface area contributed by atoms with Crippen molar-refractivity contribution in [1.82, 2.24) is 0 Å². The predicted octanol–water partition coefficient (Wildman–Crippen LogP) is 11.9. The Morgan fingerprint density at radius 2 is 1.41 bits per heavy atom. The topological polar surface area (TPSA) is 200 Å². The van der Waals surface area contributed by atoms with E-state index in [1.807, 2.05) is 13.0 Å². The highest BCUT2D eigenvalue weighted by Crippen LogP contribution is 2.86. The number of ketones is 1. The molecule has 3 rings (SSSR count). The maximum absolute atomic E-state index is 12.2. The highest BCUT2D eigenvalue weighted by molar-refractivity contribution is 8.69. The molecule has 0 heterocycles. The summed E-state index contributed by atoms with van der Waals surface area (Å²) in [5, 5.41) is 32.2. The molecule has 0 radical (unpaired) electrons. The second-order valence-electron chi connectivity index (χ2n) is 15.5. The molecule has 3 atom stereocenters. The average molecular weight is 867 g/mol. The fourth-order valence-electron chi connectivity index (χ4n) is 4.39. The summed E-state index contributed by atoms with van der Waals surface area (Å²) in [6, 6.07) is 12.5. The van der Waals surface area contributed by atoms with Crippen LogP contribution in [0.1, 0.15) is 110 Å². The molecule has 1 aliphatic rings. The third kappa shape index (κ3) is 19.8. The molecular weight excluding hydrogens is 808 g/mol. The van der Waals surface area contributed by atoms with Crippen LogP contribution in [0.15, 0.2) is 48.6 Å². The first-order chi connectivity index (χ1) is 25.9. The van der Waals surface area contributed by atoms with Gasteiger partial charge in [-0.2, -0.15) is 0 Å². The van der Waals surface area contributed by atoms with E-state index < -0.39 is 36.3 Å². The van der Waals surface area contributed by atoms with E-state index >= 15 is 0 Å². The fourth-order valence-corrected chi connectivity index (χ4v) is 9.75. The summed E-state index contributed by atoms with van der Waals surface area (Å²) >= 11 is 0. The number of carboxylic acid groups (broad SMARTS) is 1. The number of rotatable bonds is 16. The Labute approximate surface area is 334 Å². The molecule has 1 aliphatic carbocycles. The van der Waals surface area contributed by atoms with Gasteiger partial charge in [0.25, 0.3) is 8.15 Å². The molecule has 0 saturated carbocycles. The zero-order valence-electron chi connectivity index (χ0n) is 34.5. The zero-order chi connectivity index (χ0) is 43.4. The lowest BCUT2D eigenvalue weighted by atomic mass is 9.84. The van der Waals surface area contributed by atoms with E-state index in [1.54, 1.807) is 0 Å². The maximum Gasteiger partial charge on any atom is 0.350 e. The van der Waals surface area contributed by atoms with Gasteiger partial charge in [0.05, 0.1) is 20.5 Å². The molecule has 2 N–H and O–H groups in total. The molecule has 0 aliphatic heterocycles. The molecule has 56 heavy (non-hydrogen) atoms. The molecule has 0 spiro atoms. The molecule has 0 amide bonds. The van der Waals surface area contributed by atoms with E-state index in [4.69, 9.17) is 19.8 Å². The normalized spacial score (nSPS) is 15.4. The summed E-state index contributed by atoms with van der Waals surface area (Å²) in [6.07, 6.45) is 0.844. The molecule has 0 fully saturated rings. The number of Topliss-reactive ketones (excluding diaryl/α,β-unsaturated/α-hetero) is 1. The number of ether oxygens (including phenoxy) is 2. The summed E-state index contributed by atoms with van der Waals surface area (Å²) < 4.78 is 48.2. The highest BCUT2D eigenvalue weighted by atomic mass is 32.7. The van der Waals surface area contributed by atoms with Crippen LogP contribution < -0.4 is 9.47 Å². The minimum atomic E-state index is -3.77. The van der Waals surface area contributed by atoms with Gasteiger partial charge in [0.2, 0.25) is 0 Å². The molecule has 2 aromatic rings. The Bertz CT molecular complexity index is 1610. The van der Waals surface area contributed by atoms with Gasteiger partial charge in [-0.15, -0.1) is 4.67 Å². The van der Waals surface area contributed by atoms with E-state index in [0.717, 1.165) is 41.2 Å². The van der Waals surface area contributed by atoms with Crippen molar-refractivity contribution in [2.45, 2.75) is 100 Å². The van der Waals surface area contributed by atoms with Crippen molar-refractivity contribution in [2.75, 3.05) is 19.9 Å². The van der Waals surface area contributed by atoms with Crippen LogP contribution in [-0.4, -0.2) is 42.0 Å². The first-order valence-electron chi connectivity index (χ1n) is 17.5. The molecule has 3 unspecified atom stereocenters. The summed E-state index contributed by atoms with van der Waals surface area (Å²) in [5.74, 6) is 2.49. The number of benzene rings is 2. The Balaban J connectivity index is 0.000000765. The van der Waals surface area contributed by atoms with E-state index in [-0.39, 0.29) is 28.1 Å². The van der Waals surface area contributed by atoms with Gasteiger partial charge in [-0.3, -0.25) is 18.5 Å². The van der Waals surface area contributed by atoms with Crippen molar-refractivity contribution in [2.24, 2.45) is 17.8 Å². The van der Waals surface area contributed by atoms with Crippen LogP contribution in [0.3, 0.4) is 0 Å². The summed E-state index contributed by atoms with van der Waals surface area (Å²) in [5.41, 5.74) is 4.77. The third-order valence-electron chi connectivity index (χ3n) is 7.29. The van der Waals surface area contributed by atoms with Gasteiger partial charge >= 0.3 is 12.7 Å². The van der Waals surface area contributed by atoms with Gasteiger partial charge in [0.15, 0.2) is 13.9 Å². The van der Waals surface area contributed by atoms with Crippen LogP contribution in [0.25, 0.3) is 0 Å². The lowest BCUT2D eigenvalue weighted by Crippen LogP contribution is -2.16. The number of carbonyl (C=O) groups is 2. The second kappa shape index (κ2) is 25.8. The lowest BCUT2D eigenvalue weighted by Gasteiger charge is -2.24. The minimum Gasteiger partial charge on any atom is -0.493 e. The molecule has 316 valence electrons. The van der Waals surface area contributed by atoms with Gasteiger partial charge in [0, 0.05) is 22.6 Å². The van der Waals surface area contributed by atoms with Crippen LogP contribution in [0.2, 0.25) is 0 Å². The summed E-state index contributed by atoms with van der Waals surface area (Å²) in [4.78, 5) is 21.8. The van der Waals surface area contributed by atoms with E-state index in [1.165, 1.54) is 19.2 Å². The minimum absolute atomic E-state index is 0.0204. The van der Waals surface area contributed by atoms with Crippen LogP contribution in [-0.2, 0) is 65.6 Å². The first kappa shape index (κ1) is 53.5. The smallest absolute Gasteiger partial charge is 0.350 e. The van der Waals surface area contributed by atoms with Crippen molar-refractivity contribution in [3.05, 3.63) is 70.8 Å². The van der Waals surface area contributed by atoms with Crippen molar-refractivity contribution in [1.29, 1.82) is 0 Å². The van der Waals surface area contributed by atoms with Crippen molar-refractivity contribution in [3.63, 3.8) is 0 Å². The number of carbonyl (C=O) groups excluding carboxylic acids is 1. The lowest BCUT2D eigenvalue weighted by molar-refractivity contribution is -0.779. The Morgan fingerprint density at radius 1 is 0.911 bits per heavy atom. The molecule has 19 heteroatoms. The number of hydrogen-bond donors (Lipinski definition) is 2. The van der Waals surface area contributed by atoms with E-state index in [0.29, 0.717) is 18.4 Å². The van der Waals surface area contributed by atoms with Gasteiger partial charge in [-0.1, -0.05) is 101 Å². The Morgan fingerprint density at radius 3 is 1.86 bits per heavy atom. The van der Waals surface area contributed by atoms with Crippen LogP contribution in [0.5, 0.6) is 11.5 Å². The quantitative estimate of drug-likeness (QED) is 0.0530. The first-order valence-corrected chi connectivity index (χ1v) is 24.7. The number of aliphatic carboxylic acids is 1. The second-order valence-corrected chi connectivity index (χ2v) is 27.6. The molecular formula is C37H58O15P4. The third-order valence-corrected chi connectivity index (χ3v) is 19.8. The van der Waals surface area contributed by atoms with Crippen molar-refractivity contribution >= 4 is 42.1 Å². The predicted molar refractivity (Wildman–Crippen MR) is 215 cm³/mol. The van der Waals surface area contributed by atoms with Gasteiger partial charge < -0.3 is 14.6 Å². The molecule has 0 aromatic heterocycles. The Hall–Kier alpha value is -2.50.